The van der Waals surface area contributed by atoms with E-state index in [2.05, 4.69) is 5.32 Å². The van der Waals surface area contributed by atoms with Gasteiger partial charge in [0.2, 0.25) is 5.91 Å². The van der Waals surface area contributed by atoms with Crippen LogP contribution in [0.25, 0.3) is 0 Å². The van der Waals surface area contributed by atoms with Gasteiger partial charge in [0.15, 0.2) is 0 Å². The van der Waals surface area contributed by atoms with E-state index in [9.17, 15) is 24.0 Å². The second kappa shape index (κ2) is 6.11. The molecule has 0 unspecified atom stereocenters. The number of rotatable bonds is 3. The maximum Gasteiger partial charge on any atom is 0.363 e. The molecule has 2 aliphatic heterocycles. The highest BCUT2D eigenvalue weighted by Gasteiger charge is 2.33. The average molecular weight is 331 g/mol. The summed E-state index contributed by atoms with van der Waals surface area (Å²) < 4.78 is 0. The smallest absolute Gasteiger partial charge is 0.325 e. The molecule has 2 saturated heterocycles. The Labute approximate surface area is 136 Å². The molecule has 1 aromatic carbocycles. The lowest BCUT2D eigenvalue weighted by Gasteiger charge is -2.26. The van der Waals surface area contributed by atoms with Crippen LogP contribution in [0.1, 0.15) is 29.6 Å². The first-order valence-corrected chi connectivity index (χ1v) is 7.25. The monoisotopic (exact) mass is 331 g/mol. The van der Waals surface area contributed by atoms with Gasteiger partial charge in [0.25, 0.3) is 11.8 Å². The summed E-state index contributed by atoms with van der Waals surface area (Å²) in [6.07, 6.45) is 0.166. The molecule has 9 nitrogen and oxygen atoms in total. The van der Waals surface area contributed by atoms with Gasteiger partial charge in [-0.05, 0) is 18.2 Å². The Bertz CT molecular complexity index is 743. The van der Waals surface area contributed by atoms with E-state index in [1.807, 2.05) is 0 Å². The summed E-state index contributed by atoms with van der Waals surface area (Å²) in [7, 11) is 0. The lowest BCUT2D eigenvalue weighted by molar-refractivity contribution is -0.172. The number of hydroxylamine groups is 2. The zero-order valence-electron chi connectivity index (χ0n) is 12.5. The van der Waals surface area contributed by atoms with E-state index >= 15 is 0 Å². The first-order chi connectivity index (χ1) is 11.5. The number of urea groups is 1. The average Bonchev–Trinajstić information content (AvgIpc) is 2.87. The van der Waals surface area contributed by atoms with E-state index in [0.29, 0.717) is 10.8 Å². The highest BCUT2D eigenvalue weighted by Crippen LogP contribution is 2.20. The molecule has 0 spiro atoms. The van der Waals surface area contributed by atoms with Crippen molar-refractivity contribution >= 4 is 35.4 Å². The van der Waals surface area contributed by atoms with Gasteiger partial charge in [0.1, 0.15) is 0 Å². The first kappa shape index (κ1) is 15.7. The van der Waals surface area contributed by atoms with Gasteiger partial charge in [-0.2, -0.15) is 0 Å². The first-order valence-electron chi connectivity index (χ1n) is 7.25. The normalized spacial score (nSPS) is 18.0. The molecule has 0 aromatic heterocycles. The molecule has 1 aromatic rings. The fourth-order valence-corrected chi connectivity index (χ4v) is 2.40. The third kappa shape index (κ3) is 2.96. The largest absolute Gasteiger partial charge is 0.363 e. The zero-order chi connectivity index (χ0) is 17.3. The van der Waals surface area contributed by atoms with Crippen molar-refractivity contribution < 1.29 is 28.8 Å². The van der Waals surface area contributed by atoms with Crippen molar-refractivity contribution in [1.29, 1.82) is 0 Å². The van der Waals surface area contributed by atoms with Crippen LogP contribution in [0.4, 0.5) is 10.5 Å². The molecule has 2 fully saturated rings. The van der Waals surface area contributed by atoms with Crippen molar-refractivity contribution in [3.63, 3.8) is 0 Å². The predicted molar refractivity (Wildman–Crippen MR) is 78.4 cm³/mol. The lowest BCUT2D eigenvalue weighted by Crippen LogP contribution is -2.49. The molecule has 0 aliphatic carbocycles. The molecule has 9 heteroatoms. The van der Waals surface area contributed by atoms with Gasteiger partial charge >= 0.3 is 12.0 Å². The number of nitrogens with zero attached hydrogens (tertiary/aromatic N) is 2. The number of carbonyl (C=O) groups excluding carboxylic acids is 5. The number of hydrogen-bond acceptors (Lipinski definition) is 6. The van der Waals surface area contributed by atoms with Crippen molar-refractivity contribution in [3.8, 4) is 0 Å². The summed E-state index contributed by atoms with van der Waals surface area (Å²) in [5.41, 5.74) is 0.471. The van der Waals surface area contributed by atoms with Gasteiger partial charge < -0.3 is 4.84 Å². The molecule has 0 radical (unpaired) electrons. The van der Waals surface area contributed by atoms with Crippen LogP contribution in [-0.4, -0.2) is 41.3 Å². The van der Waals surface area contributed by atoms with Crippen molar-refractivity contribution in [2.45, 2.75) is 19.3 Å². The van der Waals surface area contributed by atoms with E-state index in [1.165, 1.54) is 23.1 Å². The molecule has 5 amide bonds. The number of hydrogen-bond donors (Lipinski definition) is 1. The van der Waals surface area contributed by atoms with Crippen LogP contribution in [0.3, 0.4) is 0 Å². The van der Waals surface area contributed by atoms with Crippen molar-refractivity contribution in [2.75, 3.05) is 11.4 Å². The van der Waals surface area contributed by atoms with Crippen LogP contribution in [0.2, 0.25) is 0 Å². The van der Waals surface area contributed by atoms with E-state index in [4.69, 9.17) is 4.84 Å². The Morgan fingerprint density at radius 3 is 2.42 bits per heavy atom. The number of carbonyl (C=O) groups is 5. The number of amides is 5. The van der Waals surface area contributed by atoms with Gasteiger partial charge in [-0.25, -0.2) is 9.59 Å². The van der Waals surface area contributed by atoms with Crippen LogP contribution in [0, 0.1) is 0 Å². The van der Waals surface area contributed by atoms with Crippen LogP contribution in [-0.2, 0) is 19.2 Å². The summed E-state index contributed by atoms with van der Waals surface area (Å²) in [4.78, 5) is 64.2. The molecule has 24 heavy (non-hydrogen) atoms. The lowest BCUT2D eigenvalue weighted by atomic mass is 10.1. The minimum atomic E-state index is -0.881. The second-order valence-electron chi connectivity index (χ2n) is 5.27. The van der Waals surface area contributed by atoms with Crippen molar-refractivity contribution in [3.05, 3.63) is 29.8 Å². The Hall–Kier alpha value is -3.23. The molecule has 2 heterocycles. The summed E-state index contributed by atoms with van der Waals surface area (Å²) in [5.74, 6) is -2.39. The minimum Gasteiger partial charge on any atom is -0.325 e. The van der Waals surface area contributed by atoms with Crippen LogP contribution in [0.5, 0.6) is 0 Å². The zero-order valence-corrected chi connectivity index (χ0v) is 12.5. The minimum absolute atomic E-state index is 0.00807. The molecule has 0 saturated carbocycles. The Balaban J connectivity index is 1.76. The van der Waals surface area contributed by atoms with E-state index in [0.717, 1.165) is 0 Å². The molecular formula is C15H13N3O6. The SMILES string of the molecule is O=C1CCN(c2cccc(C(=O)ON3C(=O)CCC3=O)c2)C(=O)N1. The summed E-state index contributed by atoms with van der Waals surface area (Å²) in [6.45, 7) is 0.187. The highest BCUT2D eigenvalue weighted by atomic mass is 16.7. The molecule has 2 aliphatic rings. The maximum absolute atomic E-state index is 12.1. The number of benzene rings is 1. The third-order valence-corrected chi connectivity index (χ3v) is 3.63. The van der Waals surface area contributed by atoms with Gasteiger partial charge in [0.05, 0.1) is 5.56 Å². The van der Waals surface area contributed by atoms with E-state index in [1.54, 1.807) is 6.07 Å². The van der Waals surface area contributed by atoms with E-state index < -0.39 is 23.8 Å². The second-order valence-corrected chi connectivity index (χ2v) is 5.27. The van der Waals surface area contributed by atoms with Gasteiger partial charge in [0, 0.05) is 31.5 Å². The van der Waals surface area contributed by atoms with E-state index in [-0.39, 0.29) is 37.3 Å². The number of anilines is 1. The molecule has 3 rings (SSSR count). The third-order valence-electron chi connectivity index (χ3n) is 3.63. The number of nitrogens with one attached hydrogen (secondary N) is 1. The Kier molecular flexibility index (Phi) is 3.98. The topological polar surface area (TPSA) is 113 Å². The Morgan fingerprint density at radius 2 is 1.75 bits per heavy atom. The van der Waals surface area contributed by atoms with Crippen LogP contribution >= 0.6 is 0 Å². The maximum atomic E-state index is 12.1. The number of imide groups is 2. The molecule has 0 bridgehead atoms. The molecule has 124 valence electrons. The van der Waals surface area contributed by atoms with Gasteiger partial charge in [-0.1, -0.05) is 6.07 Å². The standard InChI is InChI=1S/C15H13N3O6/c19-11-6-7-17(15(23)16-11)10-3-1-2-9(8-10)14(22)24-18-12(20)4-5-13(18)21/h1-3,8H,4-7H2,(H,16,19,23). The van der Waals surface area contributed by atoms with Gasteiger partial charge in [-0.3, -0.25) is 24.6 Å². The molecule has 1 N–H and O–H groups in total. The van der Waals surface area contributed by atoms with Gasteiger partial charge in [-0.15, -0.1) is 5.06 Å². The predicted octanol–water partition coefficient (Wildman–Crippen LogP) is 0.354. The summed E-state index contributed by atoms with van der Waals surface area (Å²) in [5, 5.41) is 2.64. The molecule has 0 atom stereocenters. The quantitative estimate of drug-likeness (QED) is 0.800. The highest BCUT2D eigenvalue weighted by molar-refractivity contribution is 6.06. The fourth-order valence-electron chi connectivity index (χ4n) is 2.40. The molecular weight excluding hydrogens is 318 g/mol. The van der Waals surface area contributed by atoms with Crippen molar-refractivity contribution in [1.82, 2.24) is 10.4 Å². The van der Waals surface area contributed by atoms with Crippen LogP contribution < -0.4 is 10.2 Å². The summed E-state index contributed by atoms with van der Waals surface area (Å²) in [6, 6.07) is 5.37. The fraction of sp³-hybridized carbons (Fsp3) is 0.267. The summed E-state index contributed by atoms with van der Waals surface area (Å²) >= 11 is 0. The van der Waals surface area contributed by atoms with Crippen molar-refractivity contribution in [2.24, 2.45) is 0 Å². The van der Waals surface area contributed by atoms with Crippen LogP contribution in [0.15, 0.2) is 24.3 Å². The Morgan fingerprint density at radius 1 is 1.04 bits per heavy atom.